The van der Waals surface area contributed by atoms with E-state index in [1.807, 2.05) is 0 Å². The Balaban J connectivity index is 2.37. The molecule has 0 saturated heterocycles. The Labute approximate surface area is 102 Å². The van der Waals surface area contributed by atoms with Gasteiger partial charge in [-0.25, -0.2) is 14.5 Å². The lowest BCUT2D eigenvalue weighted by Crippen LogP contribution is -2.10. The molecule has 0 saturated carbocycles. The number of aromatic nitrogens is 3. The topological polar surface area (TPSA) is 118 Å². The molecule has 0 spiro atoms. The summed E-state index contributed by atoms with van der Waals surface area (Å²) >= 11 is 0. The van der Waals surface area contributed by atoms with Gasteiger partial charge in [-0.3, -0.25) is 0 Å². The van der Waals surface area contributed by atoms with Crippen molar-refractivity contribution in [3.05, 3.63) is 41.5 Å². The highest BCUT2D eigenvalue weighted by Gasteiger charge is 2.14. The highest BCUT2D eigenvalue weighted by Crippen LogP contribution is 2.17. The van der Waals surface area contributed by atoms with Gasteiger partial charge in [-0.1, -0.05) is 12.1 Å². The number of nitrogens with zero attached hydrogens (tertiary/aromatic N) is 4. The lowest BCUT2D eigenvalue weighted by molar-refractivity contribution is 0.0696. The molecule has 1 heterocycles. The molecular weight excluding hydrogens is 234 g/mol. The first kappa shape index (κ1) is 11.6. The number of carboxylic acids is 1. The van der Waals surface area contributed by atoms with Crippen LogP contribution in [0.15, 0.2) is 24.5 Å². The zero-order valence-corrected chi connectivity index (χ0v) is 9.24. The molecule has 0 aliphatic heterocycles. The molecule has 7 nitrogen and oxygen atoms in total. The number of carbonyl (C=O) groups is 1. The molecule has 7 heteroatoms. The van der Waals surface area contributed by atoms with Crippen LogP contribution in [0.3, 0.4) is 0 Å². The maximum absolute atomic E-state index is 11.1. The van der Waals surface area contributed by atoms with E-state index in [1.165, 1.54) is 17.1 Å². The summed E-state index contributed by atoms with van der Waals surface area (Å²) in [5, 5.41) is 21.6. The summed E-state index contributed by atoms with van der Waals surface area (Å²) in [5.41, 5.74) is 6.38. The second-order valence-corrected chi connectivity index (χ2v) is 3.56. The van der Waals surface area contributed by atoms with E-state index in [0.29, 0.717) is 5.56 Å². The van der Waals surface area contributed by atoms with Crippen LogP contribution in [0.1, 0.15) is 21.7 Å². The van der Waals surface area contributed by atoms with Gasteiger partial charge in [-0.2, -0.15) is 5.26 Å². The summed E-state index contributed by atoms with van der Waals surface area (Å²) in [7, 11) is 0. The number of nitrogen functional groups attached to an aromatic ring is 1. The third kappa shape index (κ3) is 2.12. The molecule has 1 aromatic heterocycles. The minimum absolute atomic E-state index is 0.0378. The van der Waals surface area contributed by atoms with Crippen LogP contribution in [0.5, 0.6) is 0 Å². The normalized spacial score (nSPS) is 9.94. The Hall–Kier alpha value is -2.88. The van der Waals surface area contributed by atoms with E-state index in [4.69, 9.17) is 16.1 Å². The van der Waals surface area contributed by atoms with Gasteiger partial charge in [0.2, 0.25) is 0 Å². The molecule has 1 aromatic carbocycles. The molecule has 0 fully saturated rings. The van der Waals surface area contributed by atoms with Gasteiger partial charge < -0.3 is 10.8 Å². The summed E-state index contributed by atoms with van der Waals surface area (Å²) in [6.45, 7) is 0.196. The predicted octanol–water partition coefficient (Wildman–Crippen LogP) is 0.478. The Kier molecular flexibility index (Phi) is 2.93. The Morgan fingerprint density at radius 1 is 1.56 bits per heavy atom. The maximum Gasteiger partial charge on any atom is 0.338 e. The van der Waals surface area contributed by atoms with Gasteiger partial charge in [-0.15, -0.1) is 5.10 Å². The molecule has 0 aliphatic carbocycles. The smallest absolute Gasteiger partial charge is 0.338 e. The van der Waals surface area contributed by atoms with E-state index < -0.39 is 5.97 Å². The average molecular weight is 243 g/mol. The van der Waals surface area contributed by atoms with Gasteiger partial charge in [0.05, 0.1) is 12.1 Å². The van der Waals surface area contributed by atoms with Crippen molar-refractivity contribution in [3.63, 3.8) is 0 Å². The molecule has 0 atom stereocenters. The minimum atomic E-state index is -1.09. The third-order valence-corrected chi connectivity index (χ3v) is 2.37. The van der Waals surface area contributed by atoms with Crippen LogP contribution in [-0.2, 0) is 6.54 Å². The van der Waals surface area contributed by atoms with Gasteiger partial charge >= 0.3 is 5.97 Å². The Morgan fingerprint density at radius 3 is 2.94 bits per heavy atom. The molecule has 0 aliphatic rings. The molecule has 0 bridgehead atoms. The van der Waals surface area contributed by atoms with Gasteiger partial charge in [0.1, 0.15) is 12.4 Å². The predicted molar refractivity (Wildman–Crippen MR) is 61.7 cm³/mol. The van der Waals surface area contributed by atoms with Crippen LogP contribution in [-0.4, -0.2) is 25.8 Å². The van der Waals surface area contributed by atoms with Crippen molar-refractivity contribution in [1.82, 2.24) is 14.8 Å². The van der Waals surface area contributed by atoms with E-state index in [2.05, 4.69) is 10.1 Å². The second kappa shape index (κ2) is 4.55. The molecule has 2 aromatic rings. The monoisotopic (exact) mass is 243 g/mol. The number of benzene rings is 1. The minimum Gasteiger partial charge on any atom is -0.478 e. The number of carboxylic acid groups (broad SMARTS) is 1. The highest BCUT2D eigenvalue weighted by molar-refractivity contribution is 5.95. The highest BCUT2D eigenvalue weighted by atomic mass is 16.4. The largest absolute Gasteiger partial charge is 0.478 e. The van der Waals surface area contributed by atoms with Crippen LogP contribution in [0.2, 0.25) is 0 Å². The molecule has 0 radical (unpaired) electrons. The number of hydrogen-bond donors (Lipinski definition) is 2. The van der Waals surface area contributed by atoms with E-state index in [0.717, 1.165) is 0 Å². The molecule has 2 rings (SSSR count). The van der Waals surface area contributed by atoms with Crippen LogP contribution >= 0.6 is 0 Å². The van der Waals surface area contributed by atoms with Crippen LogP contribution < -0.4 is 5.73 Å². The van der Waals surface area contributed by atoms with E-state index in [-0.39, 0.29) is 23.6 Å². The average Bonchev–Trinajstić information content (AvgIpc) is 2.76. The van der Waals surface area contributed by atoms with Crippen molar-refractivity contribution in [2.75, 3.05) is 5.73 Å². The zero-order valence-electron chi connectivity index (χ0n) is 9.24. The molecule has 18 heavy (non-hydrogen) atoms. The summed E-state index contributed by atoms with van der Waals surface area (Å²) in [6.07, 6.45) is 1.37. The lowest BCUT2D eigenvalue weighted by Gasteiger charge is -2.08. The fourth-order valence-corrected chi connectivity index (χ4v) is 1.61. The number of anilines is 1. The van der Waals surface area contributed by atoms with Crippen molar-refractivity contribution in [3.8, 4) is 6.07 Å². The van der Waals surface area contributed by atoms with Crippen LogP contribution in [0.25, 0.3) is 0 Å². The fourth-order valence-electron chi connectivity index (χ4n) is 1.61. The van der Waals surface area contributed by atoms with Gasteiger partial charge in [0.25, 0.3) is 5.82 Å². The Bertz CT molecular complexity index is 641. The summed E-state index contributed by atoms with van der Waals surface area (Å²) in [6, 6.07) is 6.63. The standard InChI is InChI=1S/C11H9N5O2/c12-4-9-14-6-16(15-9)5-7-2-1-3-8(13)10(7)11(17)18/h1-3,6H,5,13H2,(H,17,18). The summed E-state index contributed by atoms with van der Waals surface area (Å²) in [5.74, 6) is -1.06. The van der Waals surface area contributed by atoms with Crippen molar-refractivity contribution in [1.29, 1.82) is 5.26 Å². The van der Waals surface area contributed by atoms with E-state index in [1.54, 1.807) is 18.2 Å². The van der Waals surface area contributed by atoms with Gasteiger partial charge in [-0.05, 0) is 11.6 Å². The summed E-state index contributed by atoms with van der Waals surface area (Å²) < 4.78 is 1.39. The van der Waals surface area contributed by atoms with Crippen LogP contribution in [0, 0.1) is 11.3 Å². The van der Waals surface area contributed by atoms with Gasteiger partial charge in [0, 0.05) is 5.69 Å². The molecule has 3 N–H and O–H groups in total. The zero-order chi connectivity index (χ0) is 13.1. The van der Waals surface area contributed by atoms with Crippen LogP contribution in [0.4, 0.5) is 5.69 Å². The maximum atomic E-state index is 11.1. The van der Waals surface area contributed by atoms with E-state index >= 15 is 0 Å². The van der Waals surface area contributed by atoms with E-state index in [9.17, 15) is 4.79 Å². The van der Waals surface area contributed by atoms with Crippen molar-refractivity contribution < 1.29 is 9.90 Å². The number of nitrogens with two attached hydrogens (primary N) is 1. The SMILES string of the molecule is N#Cc1ncn(Cc2cccc(N)c2C(=O)O)n1. The number of nitriles is 1. The lowest BCUT2D eigenvalue weighted by atomic mass is 10.1. The summed E-state index contributed by atoms with van der Waals surface area (Å²) in [4.78, 5) is 14.9. The number of rotatable bonds is 3. The van der Waals surface area contributed by atoms with Crippen molar-refractivity contribution in [2.45, 2.75) is 6.54 Å². The first-order chi connectivity index (χ1) is 8.61. The molecular formula is C11H9N5O2. The number of hydrogen-bond acceptors (Lipinski definition) is 5. The van der Waals surface area contributed by atoms with Gasteiger partial charge in [0.15, 0.2) is 0 Å². The second-order valence-electron chi connectivity index (χ2n) is 3.56. The quantitative estimate of drug-likeness (QED) is 0.757. The molecule has 90 valence electrons. The fraction of sp³-hybridized carbons (Fsp3) is 0.0909. The Morgan fingerprint density at radius 2 is 2.33 bits per heavy atom. The third-order valence-electron chi connectivity index (χ3n) is 2.37. The van der Waals surface area contributed by atoms with Crippen molar-refractivity contribution in [2.24, 2.45) is 0 Å². The first-order valence-electron chi connectivity index (χ1n) is 5.02. The molecule has 0 unspecified atom stereocenters. The number of aromatic carboxylic acids is 1. The molecule has 0 amide bonds. The van der Waals surface area contributed by atoms with Crippen molar-refractivity contribution >= 4 is 11.7 Å². The first-order valence-corrected chi connectivity index (χ1v) is 5.02.